The van der Waals surface area contributed by atoms with Gasteiger partial charge in [-0.1, -0.05) is 140 Å². The van der Waals surface area contributed by atoms with Gasteiger partial charge in [0.1, 0.15) is 0 Å². The molecule has 11 rings (SSSR count). The Morgan fingerprint density at radius 1 is 0.397 bits per heavy atom. The van der Waals surface area contributed by atoms with Gasteiger partial charge in [-0.3, -0.25) is 0 Å². The Morgan fingerprint density at radius 2 is 0.983 bits per heavy atom. The van der Waals surface area contributed by atoms with E-state index in [2.05, 4.69) is 103 Å². The summed E-state index contributed by atoms with van der Waals surface area (Å²) >= 11 is 3.49. The predicted octanol–water partition coefficient (Wildman–Crippen LogP) is 13.3. The van der Waals surface area contributed by atoms with Crippen LogP contribution in [0.25, 0.3) is 108 Å². The van der Waals surface area contributed by atoms with Crippen molar-refractivity contribution in [3.05, 3.63) is 175 Å². The van der Waals surface area contributed by atoms with Gasteiger partial charge in [0.05, 0.1) is 27.5 Å². The van der Waals surface area contributed by atoms with Gasteiger partial charge in [0.2, 0.25) is 0 Å². The van der Waals surface area contributed by atoms with Crippen LogP contribution in [0.2, 0.25) is 0 Å². The lowest BCUT2D eigenvalue weighted by molar-refractivity contribution is 1.08. The molecule has 0 aliphatic rings. The second kappa shape index (κ2) is 13.9. The summed E-state index contributed by atoms with van der Waals surface area (Å²) in [6, 6.07) is 59.8. The number of rotatable bonds is 6. The molecule has 0 amide bonds. The molecule has 0 bridgehead atoms. The molecule has 0 atom stereocenters. The SMILES string of the molecule is N#Cc1ccc(-c2ccc(-c3nc(-c4ccccc4)nc(-c4cccc5sc6cc(-c7nc(-c8ccccc8)c8sc9ccccc9c8n7)ccc6c45)n3)cc2)cc1. The van der Waals surface area contributed by atoms with Crippen LogP contribution < -0.4 is 0 Å². The molecule has 0 radical (unpaired) electrons. The number of nitriles is 1. The Balaban J connectivity index is 1.04. The third-order valence-corrected chi connectivity index (χ3v) is 12.7. The molecule has 7 aromatic carbocycles. The molecular formula is C50H28N6S2. The first-order valence-corrected chi connectivity index (χ1v) is 20.4. The fourth-order valence-electron chi connectivity index (χ4n) is 7.55. The number of thiophene rings is 2. The first-order valence-electron chi connectivity index (χ1n) is 18.8. The Labute approximate surface area is 341 Å². The number of benzene rings is 7. The molecule has 0 fully saturated rings. The lowest BCUT2D eigenvalue weighted by Gasteiger charge is -2.10. The van der Waals surface area contributed by atoms with Gasteiger partial charge < -0.3 is 0 Å². The smallest absolute Gasteiger partial charge is 0.164 e. The zero-order chi connectivity index (χ0) is 38.6. The molecule has 6 nitrogen and oxygen atoms in total. The first kappa shape index (κ1) is 33.9. The van der Waals surface area contributed by atoms with E-state index >= 15 is 0 Å². The number of fused-ring (bicyclic) bond motifs is 6. The molecule has 0 spiro atoms. The average molecular weight is 777 g/mol. The standard InChI is InChI=1S/C50H28N6S2/c51-29-30-18-20-31(21-19-30)32-22-24-35(25-23-32)48-54-47(34-12-5-2-6-13-34)55-50(56-48)39-15-9-17-41-43(39)37-27-26-36(28-42(37)57-41)49-52-44(33-10-3-1-4-11-33)46-45(53-49)38-14-7-8-16-40(38)58-46/h1-28H. The van der Waals surface area contributed by atoms with Crippen LogP contribution in [0.15, 0.2) is 170 Å². The van der Waals surface area contributed by atoms with Gasteiger partial charge in [-0.05, 0) is 41.5 Å². The van der Waals surface area contributed by atoms with E-state index in [1.165, 1.54) is 4.70 Å². The van der Waals surface area contributed by atoms with Crippen molar-refractivity contribution in [2.24, 2.45) is 0 Å². The summed E-state index contributed by atoms with van der Waals surface area (Å²) in [5.74, 6) is 2.52. The second-order valence-corrected chi connectivity index (χ2v) is 16.1. The lowest BCUT2D eigenvalue weighted by Crippen LogP contribution is -2.00. The van der Waals surface area contributed by atoms with Gasteiger partial charge in [-0.15, -0.1) is 22.7 Å². The zero-order valence-electron chi connectivity index (χ0n) is 30.7. The van der Waals surface area contributed by atoms with Crippen LogP contribution in [0, 0.1) is 11.3 Å². The summed E-state index contributed by atoms with van der Waals surface area (Å²) in [4.78, 5) is 25.7. The predicted molar refractivity (Wildman–Crippen MR) is 239 cm³/mol. The third kappa shape index (κ3) is 5.89. The molecule has 0 aliphatic heterocycles. The monoisotopic (exact) mass is 776 g/mol. The van der Waals surface area contributed by atoms with Crippen molar-refractivity contribution in [2.45, 2.75) is 0 Å². The van der Waals surface area contributed by atoms with Crippen molar-refractivity contribution in [1.82, 2.24) is 24.9 Å². The summed E-state index contributed by atoms with van der Waals surface area (Å²) in [6.07, 6.45) is 0. The van der Waals surface area contributed by atoms with Crippen molar-refractivity contribution in [3.8, 4) is 74.0 Å². The van der Waals surface area contributed by atoms with Crippen molar-refractivity contribution < 1.29 is 0 Å². The van der Waals surface area contributed by atoms with E-state index in [0.717, 1.165) is 80.4 Å². The van der Waals surface area contributed by atoms with Crippen LogP contribution in [0.3, 0.4) is 0 Å². The molecule has 0 aliphatic carbocycles. The van der Waals surface area contributed by atoms with Gasteiger partial charge in [0.15, 0.2) is 23.3 Å². The highest BCUT2D eigenvalue weighted by Crippen LogP contribution is 2.43. The largest absolute Gasteiger partial charge is 0.226 e. The van der Waals surface area contributed by atoms with Gasteiger partial charge in [0.25, 0.3) is 0 Å². The molecule has 4 aromatic heterocycles. The summed E-state index contributed by atoms with van der Waals surface area (Å²) in [6.45, 7) is 0. The van der Waals surface area contributed by atoms with Gasteiger partial charge in [0, 0.05) is 58.1 Å². The lowest BCUT2D eigenvalue weighted by atomic mass is 10.0. The molecular weight excluding hydrogens is 749 g/mol. The highest BCUT2D eigenvalue weighted by Gasteiger charge is 2.20. The normalized spacial score (nSPS) is 11.4. The van der Waals surface area contributed by atoms with E-state index in [9.17, 15) is 5.26 Å². The Morgan fingerprint density at radius 3 is 1.72 bits per heavy atom. The van der Waals surface area contributed by atoms with E-state index in [0.29, 0.717) is 28.9 Å². The summed E-state index contributed by atoms with van der Waals surface area (Å²) < 4.78 is 4.57. The fraction of sp³-hybridized carbons (Fsp3) is 0. The summed E-state index contributed by atoms with van der Waals surface area (Å²) in [5.41, 5.74) is 9.43. The minimum atomic E-state index is 0.594. The molecule has 58 heavy (non-hydrogen) atoms. The number of aromatic nitrogens is 5. The maximum absolute atomic E-state index is 9.24. The van der Waals surface area contributed by atoms with Gasteiger partial charge in [-0.2, -0.15) is 5.26 Å². The fourth-order valence-corrected chi connectivity index (χ4v) is 9.88. The molecule has 0 saturated carbocycles. The van der Waals surface area contributed by atoms with E-state index in [-0.39, 0.29) is 0 Å². The highest BCUT2D eigenvalue weighted by atomic mass is 32.1. The minimum Gasteiger partial charge on any atom is -0.226 e. The Kier molecular flexibility index (Phi) is 8.14. The quantitative estimate of drug-likeness (QED) is 0.167. The summed E-state index contributed by atoms with van der Waals surface area (Å²) in [5, 5.41) is 12.6. The van der Waals surface area contributed by atoms with Crippen molar-refractivity contribution in [3.63, 3.8) is 0 Å². The van der Waals surface area contributed by atoms with Crippen molar-refractivity contribution in [1.29, 1.82) is 5.26 Å². The van der Waals surface area contributed by atoms with Gasteiger partial charge >= 0.3 is 0 Å². The van der Waals surface area contributed by atoms with Crippen LogP contribution >= 0.6 is 22.7 Å². The van der Waals surface area contributed by atoms with E-state index in [4.69, 9.17) is 24.9 Å². The topological polar surface area (TPSA) is 88.2 Å². The Bertz CT molecular complexity index is 3390. The number of hydrogen-bond acceptors (Lipinski definition) is 8. The minimum absolute atomic E-state index is 0.594. The molecule has 11 aromatic rings. The maximum atomic E-state index is 9.24. The molecule has 270 valence electrons. The maximum Gasteiger partial charge on any atom is 0.164 e. The second-order valence-electron chi connectivity index (χ2n) is 14.0. The van der Waals surface area contributed by atoms with E-state index in [1.807, 2.05) is 72.8 Å². The van der Waals surface area contributed by atoms with Crippen LogP contribution in [0.1, 0.15) is 5.56 Å². The van der Waals surface area contributed by atoms with Crippen LogP contribution in [-0.2, 0) is 0 Å². The van der Waals surface area contributed by atoms with Crippen LogP contribution in [0.4, 0.5) is 0 Å². The Hall–Kier alpha value is -7.44. The van der Waals surface area contributed by atoms with E-state index < -0.39 is 0 Å². The molecule has 4 heterocycles. The molecule has 0 N–H and O–H groups in total. The third-order valence-electron chi connectivity index (χ3n) is 10.4. The van der Waals surface area contributed by atoms with Crippen molar-refractivity contribution in [2.75, 3.05) is 0 Å². The highest BCUT2D eigenvalue weighted by molar-refractivity contribution is 7.26. The molecule has 0 saturated heterocycles. The molecule has 0 unspecified atom stereocenters. The zero-order valence-corrected chi connectivity index (χ0v) is 32.3. The number of hydrogen-bond donors (Lipinski definition) is 0. The van der Waals surface area contributed by atoms with Crippen LogP contribution in [-0.4, -0.2) is 24.9 Å². The van der Waals surface area contributed by atoms with Crippen molar-refractivity contribution >= 4 is 63.1 Å². The molecule has 8 heteroatoms. The van der Waals surface area contributed by atoms with Gasteiger partial charge in [-0.25, -0.2) is 24.9 Å². The van der Waals surface area contributed by atoms with Crippen LogP contribution in [0.5, 0.6) is 0 Å². The average Bonchev–Trinajstić information content (AvgIpc) is 3.87. The van der Waals surface area contributed by atoms with E-state index in [1.54, 1.807) is 22.7 Å². The summed E-state index contributed by atoms with van der Waals surface area (Å²) in [7, 11) is 0. The number of nitrogens with zero attached hydrogens (tertiary/aromatic N) is 6. The first-order chi connectivity index (χ1) is 28.7.